The molecule has 0 unspecified atom stereocenters. The lowest BCUT2D eigenvalue weighted by atomic mass is 10.0. The number of carbonyl (C=O) groups is 1. The number of likely N-dealkylation sites (tertiary alicyclic amines) is 1. The summed E-state index contributed by atoms with van der Waals surface area (Å²) < 4.78 is 5.13. The Balaban J connectivity index is 1.85. The number of aliphatic hydroxyl groups is 1. The number of rotatable bonds is 5. The summed E-state index contributed by atoms with van der Waals surface area (Å²) in [6, 6.07) is 1.87. The zero-order valence-electron chi connectivity index (χ0n) is 10.4. The highest BCUT2D eigenvalue weighted by molar-refractivity contribution is 5.66. The standard InChI is InChI=1S/C12H18N2O4/c1-8-4-10(18-13-8)5-9-6-14(7-11(9)15)3-2-12(16)17/h4,9,11,15H,2-3,5-7H2,1H3,(H,16,17)/t9-,11-/m1/s1. The summed E-state index contributed by atoms with van der Waals surface area (Å²) in [5, 5.41) is 22.4. The van der Waals surface area contributed by atoms with Crippen LogP contribution >= 0.6 is 0 Å². The van der Waals surface area contributed by atoms with Crippen LogP contribution in [0.5, 0.6) is 0 Å². The molecule has 2 atom stereocenters. The van der Waals surface area contributed by atoms with Crippen LogP contribution in [0.3, 0.4) is 0 Å². The minimum Gasteiger partial charge on any atom is -0.481 e. The number of carboxylic acids is 1. The molecule has 0 saturated carbocycles. The molecule has 0 spiro atoms. The van der Waals surface area contributed by atoms with Crippen molar-refractivity contribution in [1.29, 1.82) is 0 Å². The highest BCUT2D eigenvalue weighted by atomic mass is 16.5. The van der Waals surface area contributed by atoms with Gasteiger partial charge in [-0.05, 0) is 6.92 Å². The molecule has 1 aliphatic heterocycles. The second kappa shape index (κ2) is 5.49. The molecule has 1 fully saturated rings. The number of aromatic nitrogens is 1. The van der Waals surface area contributed by atoms with Gasteiger partial charge in [0.1, 0.15) is 5.76 Å². The monoisotopic (exact) mass is 254 g/mol. The average Bonchev–Trinajstić information content (AvgIpc) is 2.84. The van der Waals surface area contributed by atoms with Crippen LogP contribution in [0.4, 0.5) is 0 Å². The van der Waals surface area contributed by atoms with Crippen molar-refractivity contribution in [3.63, 3.8) is 0 Å². The van der Waals surface area contributed by atoms with Crippen molar-refractivity contribution in [3.8, 4) is 0 Å². The Morgan fingerprint density at radius 1 is 1.61 bits per heavy atom. The van der Waals surface area contributed by atoms with Gasteiger partial charge in [0, 0.05) is 38.0 Å². The van der Waals surface area contributed by atoms with Gasteiger partial charge in [-0.15, -0.1) is 0 Å². The topological polar surface area (TPSA) is 86.8 Å². The van der Waals surface area contributed by atoms with Gasteiger partial charge in [0.2, 0.25) is 0 Å². The molecular weight excluding hydrogens is 236 g/mol. The molecule has 100 valence electrons. The largest absolute Gasteiger partial charge is 0.481 e. The number of hydrogen-bond donors (Lipinski definition) is 2. The number of β-amino-alcohol motifs (C(OH)–C–C–N with tert-alkyl or cyclic N) is 1. The van der Waals surface area contributed by atoms with Crippen LogP contribution in [0.2, 0.25) is 0 Å². The lowest BCUT2D eigenvalue weighted by Crippen LogP contribution is -2.24. The molecule has 0 radical (unpaired) electrons. The Morgan fingerprint density at radius 2 is 2.39 bits per heavy atom. The van der Waals surface area contributed by atoms with Crippen molar-refractivity contribution in [2.75, 3.05) is 19.6 Å². The van der Waals surface area contributed by atoms with Crippen molar-refractivity contribution in [3.05, 3.63) is 17.5 Å². The predicted octanol–water partition coefficient (Wildman–Crippen LogP) is 0.293. The lowest BCUT2D eigenvalue weighted by Gasteiger charge is -2.13. The third kappa shape index (κ3) is 3.30. The third-order valence-electron chi connectivity index (χ3n) is 3.26. The minimum atomic E-state index is -0.807. The van der Waals surface area contributed by atoms with Crippen molar-refractivity contribution in [2.45, 2.75) is 25.9 Å². The highest BCUT2D eigenvalue weighted by Gasteiger charge is 2.32. The highest BCUT2D eigenvalue weighted by Crippen LogP contribution is 2.22. The fourth-order valence-corrected chi connectivity index (χ4v) is 2.35. The summed E-state index contributed by atoms with van der Waals surface area (Å²) in [5.41, 5.74) is 0.834. The van der Waals surface area contributed by atoms with Crippen molar-refractivity contribution in [1.82, 2.24) is 10.1 Å². The average molecular weight is 254 g/mol. The van der Waals surface area contributed by atoms with Gasteiger partial charge < -0.3 is 14.7 Å². The maximum Gasteiger partial charge on any atom is 0.304 e. The lowest BCUT2D eigenvalue weighted by molar-refractivity contribution is -0.137. The van der Waals surface area contributed by atoms with Gasteiger partial charge >= 0.3 is 5.97 Å². The second-order valence-electron chi connectivity index (χ2n) is 4.87. The molecule has 6 heteroatoms. The summed E-state index contributed by atoms with van der Waals surface area (Å²) in [5.74, 6) is 0.0570. The first-order valence-electron chi connectivity index (χ1n) is 6.09. The van der Waals surface area contributed by atoms with E-state index in [-0.39, 0.29) is 12.3 Å². The molecule has 18 heavy (non-hydrogen) atoms. The van der Waals surface area contributed by atoms with Gasteiger partial charge in [-0.1, -0.05) is 5.16 Å². The molecule has 0 bridgehead atoms. The van der Waals surface area contributed by atoms with E-state index in [4.69, 9.17) is 9.63 Å². The Labute approximate surface area is 105 Å². The van der Waals surface area contributed by atoms with Crippen LogP contribution in [0.1, 0.15) is 17.9 Å². The van der Waals surface area contributed by atoms with Gasteiger partial charge in [-0.2, -0.15) is 0 Å². The molecule has 2 rings (SSSR count). The molecule has 0 amide bonds. The van der Waals surface area contributed by atoms with Crippen LogP contribution in [0.25, 0.3) is 0 Å². The normalized spacial score (nSPS) is 24.6. The summed E-state index contributed by atoms with van der Waals surface area (Å²) in [6.45, 7) is 3.58. The first-order valence-corrected chi connectivity index (χ1v) is 6.09. The van der Waals surface area contributed by atoms with Crippen molar-refractivity contribution in [2.24, 2.45) is 5.92 Å². The number of hydrogen-bond acceptors (Lipinski definition) is 5. The second-order valence-corrected chi connectivity index (χ2v) is 4.87. The Bertz CT molecular complexity index is 418. The Morgan fingerprint density at radius 3 is 3.00 bits per heavy atom. The smallest absolute Gasteiger partial charge is 0.304 e. The van der Waals surface area contributed by atoms with Crippen LogP contribution in [0.15, 0.2) is 10.6 Å². The van der Waals surface area contributed by atoms with E-state index in [9.17, 15) is 9.90 Å². The molecule has 0 aliphatic carbocycles. The first-order chi connectivity index (χ1) is 8.54. The zero-order chi connectivity index (χ0) is 13.1. The fraction of sp³-hybridized carbons (Fsp3) is 0.667. The number of aliphatic carboxylic acids is 1. The summed E-state index contributed by atoms with van der Waals surface area (Å²) in [7, 11) is 0. The molecule has 2 N–H and O–H groups in total. The first kappa shape index (κ1) is 13.0. The number of carboxylic acid groups (broad SMARTS) is 1. The van der Waals surface area contributed by atoms with Crippen LogP contribution < -0.4 is 0 Å². The van der Waals surface area contributed by atoms with E-state index >= 15 is 0 Å². The van der Waals surface area contributed by atoms with Crippen molar-refractivity contribution < 1.29 is 19.5 Å². The number of aryl methyl sites for hydroxylation is 1. The van der Waals surface area contributed by atoms with E-state index in [2.05, 4.69) is 5.16 Å². The summed E-state index contributed by atoms with van der Waals surface area (Å²) >= 11 is 0. The van der Waals surface area contributed by atoms with Crippen molar-refractivity contribution >= 4 is 5.97 Å². The minimum absolute atomic E-state index is 0.0890. The molecule has 1 saturated heterocycles. The SMILES string of the molecule is Cc1cc(C[C@@H]2CN(CCC(=O)O)C[C@H]2O)on1. The van der Waals surface area contributed by atoms with E-state index in [1.165, 1.54) is 0 Å². The molecule has 1 aromatic heterocycles. The molecule has 1 aromatic rings. The molecular formula is C12H18N2O4. The number of aliphatic hydroxyl groups excluding tert-OH is 1. The van der Waals surface area contributed by atoms with E-state index in [0.29, 0.717) is 26.1 Å². The van der Waals surface area contributed by atoms with Gasteiger partial charge in [-0.3, -0.25) is 9.69 Å². The number of nitrogens with zero attached hydrogens (tertiary/aromatic N) is 2. The van der Waals surface area contributed by atoms with E-state index < -0.39 is 12.1 Å². The Kier molecular flexibility index (Phi) is 3.98. The Hall–Kier alpha value is -1.40. The third-order valence-corrected chi connectivity index (χ3v) is 3.26. The zero-order valence-corrected chi connectivity index (χ0v) is 10.4. The van der Waals surface area contributed by atoms with Gasteiger partial charge in [0.15, 0.2) is 0 Å². The molecule has 0 aromatic carbocycles. The van der Waals surface area contributed by atoms with Gasteiger partial charge in [-0.25, -0.2) is 0 Å². The molecule has 1 aliphatic rings. The van der Waals surface area contributed by atoms with E-state index in [1.54, 1.807) is 0 Å². The molecule has 6 nitrogen and oxygen atoms in total. The maximum absolute atomic E-state index is 10.5. The van der Waals surface area contributed by atoms with Crippen LogP contribution in [0, 0.1) is 12.8 Å². The quantitative estimate of drug-likeness (QED) is 0.785. The summed E-state index contributed by atoms with van der Waals surface area (Å²) in [6.07, 6.45) is 0.330. The van der Waals surface area contributed by atoms with Gasteiger partial charge in [0.05, 0.1) is 18.2 Å². The fourth-order valence-electron chi connectivity index (χ4n) is 2.35. The maximum atomic E-state index is 10.5. The van der Waals surface area contributed by atoms with Crippen LogP contribution in [-0.4, -0.2) is 52.0 Å². The van der Waals surface area contributed by atoms with E-state index in [1.807, 2.05) is 17.9 Å². The predicted molar refractivity (Wildman–Crippen MR) is 63.1 cm³/mol. The van der Waals surface area contributed by atoms with E-state index in [0.717, 1.165) is 11.5 Å². The molecule has 2 heterocycles. The van der Waals surface area contributed by atoms with Gasteiger partial charge in [0.25, 0.3) is 0 Å². The summed E-state index contributed by atoms with van der Waals surface area (Å²) in [4.78, 5) is 12.5. The van der Waals surface area contributed by atoms with Crippen LogP contribution in [-0.2, 0) is 11.2 Å².